The quantitative estimate of drug-likeness (QED) is 0.127. The van der Waals surface area contributed by atoms with E-state index in [9.17, 15) is 30.2 Å². The normalized spacial score (nSPS) is 18.9. The molecule has 22 heteroatoms. The van der Waals surface area contributed by atoms with Gasteiger partial charge in [0, 0.05) is 137 Å². The molecule has 3 fully saturated rings. The zero-order chi connectivity index (χ0) is 67.2. The smallest absolute Gasteiger partial charge is 0.174 e. The maximum Gasteiger partial charge on any atom is 0.174 e. The van der Waals surface area contributed by atoms with E-state index in [2.05, 4.69) is 48.5 Å². The molecule has 15 rings (SSSR count). The molecule has 1 saturated heterocycles. The molecule has 10 heterocycles. The standard InChI is InChI=1S/C25H25N5O2.C24H23N5O3.C24H23N5O2/c1-14-5-6-17-18(9-14)15(2)32-21-10-16(13-28-24(21)27)22-19(29-30(3)20(22)12-26)11-25(23(17)31)7-4-8-25;1-13-4-5-16-17(6-13)14(2)32-20-7-15(10-27-23(20)26)21-18(28-29(3)19(21)9-25)8-24(22(16)30)11-31-12-24;1-13-4-5-16-17(8-13)14(2)31-20-9-15(12-27-23(20)26)21-18(28-29(3)19(21)11-25)10-24(6-7-24)22(16)30/h5-6,9-10,13,15H,4,7-8,11H2,1-3H3,(H2,27,28);4-7,10,14H,8,11-12H2,1-3H3,(H2,26,27);4-5,8-9,12,14H,6-7,10H2,1-3H3,(H2,26,27)/t15-;2*14-/m111/s1. The molecule has 6 bridgehead atoms. The van der Waals surface area contributed by atoms with Gasteiger partial charge in [0.1, 0.15) is 53.6 Å². The van der Waals surface area contributed by atoms with Crippen molar-refractivity contribution < 1.29 is 33.3 Å². The van der Waals surface area contributed by atoms with E-state index in [4.69, 9.17) is 36.1 Å². The van der Waals surface area contributed by atoms with Crippen molar-refractivity contribution in [2.45, 2.75) is 111 Å². The minimum atomic E-state index is -0.747. The van der Waals surface area contributed by atoms with E-state index >= 15 is 0 Å². The zero-order valence-electron chi connectivity index (χ0n) is 54.4. The van der Waals surface area contributed by atoms with Crippen molar-refractivity contribution >= 4 is 34.8 Å². The third-order valence-electron chi connectivity index (χ3n) is 19.7. The Morgan fingerprint density at radius 2 is 0.768 bits per heavy atom. The lowest BCUT2D eigenvalue weighted by Crippen LogP contribution is -2.51. The van der Waals surface area contributed by atoms with Crippen molar-refractivity contribution in [3.8, 4) is 68.8 Å². The number of ketones is 3. The van der Waals surface area contributed by atoms with E-state index in [-0.39, 0.29) is 34.8 Å². The fourth-order valence-electron chi connectivity index (χ4n) is 14.1. The van der Waals surface area contributed by atoms with Crippen LogP contribution in [0, 0.1) is 71.0 Å². The maximum atomic E-state index is 14.0. The monoisotopic (exact) mass is 1270 g/mol. The number of ether oxygens (including phenoxy) is 4. The summed E-state index contributed by atoms with van der Waals surface area (Å²) in [5, 5.41) is 43.3. The molecule has 95 heavy (non-hydrogen) atoms. The Balaban J connectivity index is 0.000000129. The predicted octanol–water partition coefficient (Wildman–Crippen LogP) is 11.3. The van der Waals surface area contributed by atoms with Crippen LogP contribution in [0.3, 0.4) is 0 Å². The molecule has 6 N–H and O–H groups in total. The number of rotatable bonds is 0. The van der Waals surface area contributed by atoms with E-state index in [0.717, 1.165) is 76.9 Å². The van der Waals surface area contributed by atoms with Crippen LogP contribution in [0.25, 0.3) is 33.4 Å². The minimum absolute atomic E-state index is 0.000332. The Kier molecular flexibility index (Phi) is 15.7. The molecule has 2 saturated carbocycles. The van der Waals surface area contributed by atoms with Gasteiger partial charge >= 0.3 is 0 Å². The van der Waals surface area contributed by atoms with Crippen LogP contribution in [0.15, 0.2) is 91.4 Å². The third-order valence-corrected chi connectivity index (χ3v) is 19.7. The molecule has 3 spiro atoms. The summed E-state index contributed by atoms with van der Waals surface area (Å²) in [5.41, 5.74) is 31.7. The number of aromatic nitrogens is 9. The van der Waals surface area contributed by atoms with Crippen molar-refractivity contribution in [1.29, 1.82) is 15.8 Å². The predicted molar refractivity (Wildman–Crippen MR) is 353 cm³/mol. The Hall–Kier alpha value is -11.0. The minimum Gasteiger partial charge on any atom is -0.482 e. The Bertz CT molecular complexity index is 4630. The highest BCUT2D eigenvalue weighted by Crippen LogP contribution is 2.54. The van der Waals surface area contributed by atoms with Crippen LogP contribution in [0.4, 0.5) is 17.5 Å². The zero-order valence-corrected chi connectivity index (χ0v) is 54.4. The van der Waals surface area contributed by atoms with E-state index in [0.29, 0.717) is 123 Å². The first-order chi connectivity index (χ1) is 45.5. The first kappa shape index (κ1) is 62.8. The van der Waals surface area contributed by atoms with Gasteiger partial charge in [0.2, 0.25) is 0 Å². The SMILES string of the molecule is Cc1ccc2c(c1)[C@@H](C)Oc1cc(cnc1N)-c1c(nn(C)c1C#N)CC1(CC1)C2=O.Cc1ccc2c(c1)[C@@H](C)Oc1cc(cnc1N)-c1c(nn(C)c1C#N)CC1(CCC1)C2=O.Cc1ccc2c(c1)[C@@H](C)Oc1cc(cnc1N)-c1c(nn(C)c1C#N)CC1(COC1)C2=O. The molecule has 0 unspecified atom stereocenters. The first-order valence-electron chi connectivity index (χ1n) is 31.7. The molecular formula is C73H71N15O7. The Labute approximate surface area is 549 Å². The molecule has 22 nitrogen and oxygen atoms in total. The molecule has 0 radical (unpaired) electrons. The second-order valence-electron chi connectivity index (χ2n) is 26.3. The van der Waals surface area contributed by atoms with Crippen LogP contribution in [0.1, 0.15) is 170 Å². The summed E-state index contributed by atoms with van der Waals surface area (Å²) in [5.74, 6) is 2.25. The number of nitrogens with two attached hydrogens (primary N) is 3. The highest BCUT2D eigenvalue weighted by Gasteiger charge is 2.52. The van der Waals surface area contributed by atoms with Crippen LogP contribution in [0.5, 0.6) is 17.2 Å². The summed E-state index contributed by atoms with van der Waals surface area (Å²) in [6, 6.07) is 29.7. The number of hydrogen-bond donors (Lipinski definition) is 3. The molecule has 2 aliphatic carbocycles. The van der Waals surface area contributed by atoms with Crippen LogP contribution in [0.2, 0.25) is 0 Å². The number of pyridine rings is 3. The van der Waals surface area contributed by atoms with Gasteiger partial charge in [-0.25, -0.2) is 15.0 Å². The number of fused-ring (bicyclic) bond motifs is 15. The summed E-state index contributed by atoms with van der Waals surface area (Å²) in [6.07, 6.45) is 9.22. The average Bonchev–Trinajstić information content (AvgIpc) is 1.73. The number of hydrogen-bond acceptors (Lipinski definition) is 19. The fraction of sp³-hybridized carbons (Fsp3) is 0.342. The molecule has 9 aromatic rings. The summed E-state index contributed by atoms with van der Waals surface area (Å²) in [6.45, 7) is 12.3. The number of Topliss-reactive ketones (excluding diaryl/α,β-unsaturated/α-hetero) is 3. The Morgan fingerprint density at radius 1 is 0.463 bits per heavy atom. The molecule has 480 valence electrons. The largest absolute Gasteiger partial charge is 0.482 e. The van der Waals surface area contributed by atoms with Gasteiger partial charge in [-0.15, -0.1) is 0 Å². The Morgan fingerprint density at radius 3 is 1.04 bits per heavy atom. The van der Waals surface area contributed by atoms with Gasteiger partial charge in [0.15, 0.2) is 52.1 Å². The number of nitrogens with zero attached hydrogens (tertiary/aromatic N) is 12. The number of anilines is 3. The van der Waals surface area contributed by atoms with Crippen LogP contribution >= 0.6 is 0 Å². The van der Waals surface area contributed by atoms with Crippen molar-refractivity contribution in [3.63, 3.8) is 0 Å². The maximum absolute atomic E-state index is 14.0. The molecule has 6 aromatic heterocycles. The highest BCUT2D eigenvalue weighted by molar-refractivity contribution is 6.05. The van der Waals surface area contributed by atoms with Crippen molar-refractivity contribution in [2.24, 2.45) is 37.4 Å². The van der Waals surface area contributed by atoms with E-state index in [1.807, 2.05) is 108 Å². The lowest BCUT2D eigenvalue weighted by Gasteiger charge is -2.41. The molecule has 4 aliphatic heterocycles. The van der Waals surface area contributed by atoms with Gasteiger partial charge in [0.25, 0.3) is 0 Å². The second kappa shape index (κ2) is 23.8. The fourth-order valence-corrected chi connectivity index (χ4v) is 14.1. The van der Waals surface area contributed by atoms with Crippen LogP contribution < -0.4 is 31.4 Å². The molecular weight excluding hydrogens is 1200 g/mol. The van der Waals surface area contributed by atoms with E-state index < -0.39 is 34.6 Å². The van der Waals surface area contributed by atoms with Crippen molar-refractivity contribution in [1.82, 2.24) is 44.3 Å². The lowest BCUT2D eigenvalue weighted by molar-refractivity contribution is -0.0870. The number of benzene rings is 3. The molecule has 3 atom stereocenters. The summed E-state index contributed by atoms with van der Waals surface area (Å²) in [7, 11) is 5.21. The van der Waals surface area contributed by atoms with Crippen molar-refractivity contribution in [2.75, 3.05) is 30.4 Å². The topological polar surface area (TPSA) is 330 Å². The average molecular weight is 1270 g/mol. The molecule has 6 aliphatic rings. The van der Waals surface area contributed by atoms with Crippen molar-refractivity contribution in [3.05, 3.63) is 176 Å². The highest BCUT2D eigenvalue weighted by atomic mass is 16.5. The lowest BCUT2D eigenvalue weighted by atomic mass is 9.61. The first-order valence-corrected chi connectivity index (χ1v) is 31.7. The summed E-state index contributed by atoms with van der Waals surface area (Å²) >= 11 is 0. The third kappa shape index (κ3) is 10.9. The van der Waals surface area contributed by atoms with Gasteiger partial charge in [-0.05, 0) is 85.4 Å². The van der Waals surface area contributed by atoms with Gasteiger partial charge < -0.3 is 36.1 Å². The van der Waals surface area contributed by atoms with Gasteiger partial charge in [0.05, 0.1) is 35.7 Å². The summed E-state index contributed by atoms with van der Waals surface area (Å²) in [4.78, 5) is 54.6. The molecule has 3 aromatic carbocycles. The van der Waals surface area contributed by atoms with E-state index in [1.54, 1.807) is 59.8 Å². The van der Waals surface area contributed by atoms with Gasteiger partial charge in [-0.1, -0.05) is 77.7 Å². The summed E-state index contributed by atoms with van der Waals surface area (Å²) < 4.78 is 28.9. The number of nitrogen functional groups attached to an aromatic ring is 3. The molecule has 0 amide bonds. The van der Waals surface area contributed by atoms with Crippen LogP contribution in [-0.2, 0) is 45.1 Å². The van der Waals surface area contributed by atoms with Gasteiger partial charge in [-0.2, -0.15) is 31.1 Å². The number of nitriles is 3. The number of aryl methyl sites for hydroxylation is 6. The van der Waals surface area contributed by atoms with Crippen LogP contribution in [-0.4, -0.2) is 74.9 Å². The van der Waals surface area contributed by atoms with E-state index in [1.165, 1.54) is 0 Å². The second-order valence-corrected chi connectivity index (χ2v) is 26.3. The number of carbonyl (C=O) groups is 3. The van der Waals surface area contributed by atoms with Gasteiger partial charge in [-0.3, -0.25) is 28.4 Å². The number of carbonyl (C=O) groups excluding carboxylic acids is 3.